The first-order valence-electron chi connectivity index (χ1n) is 7.34. The molecule has 6 heteroatoms. The Kier molecular flexibility index (Phi) is 5.89. The number of amides is 1. The van der Waals surface area contributed by atoms with Crippen LogP contribution < -0.4 is 10.1 Å². The van der Waals surface area contributed by atoms with E-state index in [1.165, 1.54) is 26.4 Å². The van der Waals surface area contributed by atoms with Gasteiger partial charge in [-0.3, -0.25) is 4.79 Å². The molecule has 0 atom stereocenters. The summed E-state index contributed by atoms with van der Waals surface area (Å²) in [4.78, 5) is 23.8. The number of aryl methyl sites for hydroxylation is 1. The molecule has 0 fully saturated rings. The van der Waals surface area contributed by atoms with E-state index in [9.17, 15) is 14.0 Å². The molecular weight excluding hydrogens is 313 g/mol. The van der Waals surface area contributed by atoms with E-state index < -0.39 is 5.97 Å². The highest BCUT2D eigenvalue weighted by atomic mass is 19.1. The van der Waals surface area contributed by atoms with E-state index >= 15 is 0 Å². The Hall–Kier alpha value is -2.89. The highest BCUT2D eigenvalue weighted by Gasteiger charge is 2.17. The van der Waals surface area contributed by atoms with Crippen molar-refractivity contribution in [1.82, 2.24) is 0 Å². The Labute approximate surface area is 139 Å². The number of anilines is 1. The van der Waals surface area contributed by atoms with Crippen molar-refractivity contribution in [2.45, 2.75) is 12.8 Å². The van der Waals surface area contributed by atoms with Gasteiger partial charge in [-0.1, -0.05) is 18.2 Å². The van der Waals surface area contributed by atoms with Crippen molar-refractivity contribution >= 4 is 17.6 Å². The SMILES string of the molecule is COC(=O)c1cccc(NC(=O)CCc2ccc(F)cc2)c1OC. The summed E-state index contributed by atoms with van der Waals surface area (Å²) in [5.74, 6) is -0.846. The highest BCUT2D eigenvalue weighted by Crippen LogP contribution is 2.29. The zero-order valence-electron chi connectivity index (χ0n) is 13.5. The minimum Gasteiger partial charge on any atom is -0.494 e. The topological polar surface area (TPSA) is 64.6 Å². The Bertz CT molecular complexity index is 728. The van der Waals surface area contributed by atoms with Crippen LogP contribution in [0.15, 0.2) is 42.5 Å². The van der Waals surface area contributed by atoms with E-state index in [1.54, 1.807) is 30.3 Å². The summed E-state index contributed by atoms with van der Waals surface area (Å²) in [7, 11) is 2.69. The van der Waals surface area contributed by atoms with Crippen LogP contribution in [0.3, 0.4) is 0 Å². The van der Waals surface area contributed by atoms with Crippen LogP contribution in [0.5, 0.6) is 5.75 Å². The maximum atomic E-state index is 12.9. The lowest BCUT2D eigenvalue weighted by molar-refractivity contribution is -0.116. The average molecular weight is 331 g/mol. The quantitative estimate of drug-likeness (QED) is 0.826. The molecule has 1 amide bonds. The minimum atomic E-state index is -0.547. The van der Waals surface area contributed by atoms with Crippen LogP contribution in [0.4, 0.5) is 10.1 Å². The van der Waals surface area contributed by atoms with Gasteiger partial charge in [-0.2, -0.15) is 0 Å². The second kappa shape index (κ2) is 8.10. The number of para-hydroxylation sites is 1. The van der Waals surface area contributed by atoms with Gasteiger partial charge in [0.05, 0.1) is 19.9 Å². The van der Waals surface area contributed by atoms with Gasteiger partial charge in [0.2, 0.25) is 5.91 Å². The number of nitrogens with one attached hydrogen (secondary N) is 1. The molecule has 5 nitrogen and oxygen atoms in total. The average Bonchev–Trinajstić information content (AvgIpc) is 2.60. The van der Waals surface area contributed by atoms with Crippen molar-refractivity contribution < 1.29 is 23.5 Å². The lowest BCUT2D eigenvalue weighted by atomic mass is 10.1. The normalized spacial score (nSPS) is 10.1. The number of halogens is 1. The molecule has 2 aromatic rings. The third-order valence-electron chi connectivity index (χ3n) is 3.45. The standard InChI is InChI=1S/C18H18FNO4/c1-23-17-14(18(22)24-2)4-3-5-15(17)20-16(21)11-8-12-6-9-13(19)10-7-12/h3-7,9-10H,8,11H2,1-2H3,(H,20,21). The number of hydrogen-bond acceptors (Lipinski definition) is 4. The van der Waals surface area contributed by atoms with Crippen LogP contribution in [0.1, 0.15) is 22.3 Å². The van der Waals surface area contributed by atoms with Gasteiger partial charge in [0, 0.05) is 6.42 Å². The monoisotopic (exact) mass is 331 g/mol. The molecule has 0 aliphatic carbocycles. The van der Waals surface area contributed by atoms with Crippen LogP contribution in [-0.4, -0.2) is 26.1 Å². The molecule has 0 spiro atoms. The van der Waals surface area contributed by atoms with Crippen LogP contribution in [0.25, 0.3) is 0 Å². The number of carbonyl (C=O) groups excluding carboxylic acids is 2. The summed E-state index contributed by atoms with van der Waals surface area (Å²) in [6.07, 6.45) is 0.697. The molecule has 2 aromatic carbocycles. The molecule has 0 saturated carbocycles. The predicted octanol–water partition coefficient (Wildman–Crippen LogP) is 3.19. The summed E-state index contributed by atoms with van der Waals surface area (Å²) in [6, 6.07) is 10.8. The van der Waals surface area contributed by atoms with Crippen LogP contribution >= 0.6 is 0 Å². The van der Waals surface area contributed by atoms with Gasteiger partial charge in [0.25, 0.3) is 0 Å². The molecule has 0 saturated heterocycles. The lowest BCUT2D eigenvalue weighted by Gasteiger charge is -2.13. The number of esters is 1. The van der Waals surface area contributed by atoms with Gasteiger partial charge < -0.3 is 14.8 Å². The fraction of sp³-hybridized carbons (Fsp3) is 0.222. The third kappa shape index (κ3) is 4.32. The van der Waals surface area contributed by atoms with E-state index in [2.05, 4.69) is 5.32 Å². The van der Waals surface area contributed by atoms with E-state index in [-0.39, 0.29) is 29.5 Å². The summed E-state index contributed by atoms with van der Waals surface area (Å²) in [5, 5.41) is 2.72. The lowest BCUT2D eigenvalue weighted by Crippen LogP contribution is -2.14. The smallest absolute Gasteiger partial charge is 0.341 e. The van der Waals surface area contributed by atoms with Crippen molar-refractivity contribution in [3.8, 4) is 5.75 Å². The first-order chi connectivity index (χ1) is 11.5. The Morgan fingerprint density at radius 3 is 2.42 bits per heavy atom. The molecule has 0 radical (unpaired) electrons. The molecule has 0 heterocycles. The first-order valence-corrected chi connectivity index (χ1v) is 7.34. The van der Waals surface area contributed by atoms with Gasteiger partial charge in [0.15, 0.2) is 5.75 Å². The van der Waals surface area contributed by atoms with E-state index in [4.69, 9.17) is 9.47 Å². The maximum Gasteiger partial charge on any atom is 0.341 e. The molecular formula is C18H18FNO4. The van der Waals surface area contributed by atoms with Crippen molar-refractivity contribution in [3.05, 3.63) is 59.4 Å². The number of hydrogen-bond donors (Lipinski definition) is 1. The Balaban J connectivity index is 2.05. The summed E-state index contributed by atoms with van der Waals surface area (Å²) in [6.45, 7) is 0. The maximum absolute atomic E-state index is 12.9. The van der Waals surface area contributed by atoms with Gasteiger partial charge in [0.1, 0.15) is 11.4 Å². The molecule has 0 aliphatic rings. The predicted molar refractivity (Wildman–Crippen MR) is 87.7 cm³/mol. The Morgan fingerprint density at radius 1 is 1.08 bits per heavy atom. The second-order valence-electron chi connectivity index (χ2n) is 5.05. The van der Waals surface area contributed by atoms with Gasteiger partial charge in [-0.15, -0.1) is 0 Å². The Morgan fingerprint density at radius 2 is 1.79 bits per heavy atom. The third-order valence-corrected chi connectivity index (χ3v) is 3.45. The summed E-state index contributed by atoms with van der Waals surface area (Å²) >= 11 is 0. The first kappa shape index (κ1) is 17.5. The molecule has 2 rings (SSSR count). The van der Waals surface area contributed by atoms with Crippen LogP contribution in [-0.2, 0) is 16.0 Å². The van der Waals surface area contributed by atoms with E-state index in [0.29, 0.717) is 12.1 Å². The zero-order chi connectivity index (χ0) is 17.5. The van der Waals surface area contributed by atoms with Gasteiger partial charge >= 0.3 is 5.97 Å². The van der Waals surface area contributed by atoms with Crippen molar-refractivity contribution in [2.24, 2.45) is 0 Å². The molecule has 1 N–H and O–H groups in total. The van der Waals surface area contributed by atoms with Gasteiger partial charge in [-0.25, -0.2) is 9.18 Å². The second-order valence-corrected chi connectivity index (χ2v) is 5.05. The van der Waals surface area contributed by atoms with E-state index in [0.717, 1.165) is 5.56 Å². The van der Waals surface area contributed by atoms with Crippen LogP contribution in [0.2, 0.25) is 0 Å². The number of methoxy groups -OCH3 is 2. The van der Waals surface area contributed by atoms with Crippen molar-refractivity contribution in [1.29, 1.82) is 0 Å². The zero-order valence-corrected chi connectivity index (χ0v) is 13.5. The molecule has 126 valence electrons. The molecule has 24 heavy (non-hydrogen) atoms. The summed E-state index contributed by atoms with van der Waals surface area (Å²) < 4.78 is 22.8. The molecule has 0 aliphatic heterocycles. The van der Waals surface area contributed by atoms with E-state index in [1.807, 2.05) is 0 Å². The summed E-state index contributed by atoms with van der Waals surface area (Å²) in [5.41, 5.74) is 1.49. The molecule has 0 bridgehead atoms. The minimum absolute atomic E-state index is 0.219. The molecule has 0 unspecified atom stereocenters. The van der Waals surface area contributed by atoms with Gasteiger partial charge in [-0.05, 0) is 36.2 Å². The number of benzene rings is 2. The number of ether oxygens (including phenoxy) is 2. The van der Waals surface area contributed by atoms with Crippen molar-refractivity contribution in [3.63, 3.8) is 0 Å². The fourth-order valence-electron chi connectivity index (χ4n) is 2.25. The molecule has 0 aromatic heterocycles. The van der Waals surface area contributed by atoms with Crippen LogP contribution in [0, 0.1) is 5.82 Å². The fourth-order valence-corrected chi connectivity index (χ4v) is 2.25. The number of rotatable bonds is 6. The largest absolute Gasteiger partial charge is 0.494 e. The number of carbonyl (C=O) groups is 2. The van der Waals surface area contributed by atoms with Crippen molar-refractivity contribution in [2.75, 3.05) is 19.5 Å². The highest BCUT2D eigenvalue weighted by molar-refractivity contribution is 5.98.